The number of methoxy groups -OCH3 is 1. The molecule has 1 heterocycles. The van der Waals surface area contributed by atoms with Crippen LogP contribution in [0.15, 0.2) is 59.3 Å². The summed E-state index contributed by atoms with van der Waals surface area (Å²) in [6.07, 6.45) is 1.40. The van der Waals surface area contributed by atoms with Crippen LogP contribution in [0.4, 0.5) is 10.1 Å². The Morgan fingerprint density at radius 1 is 1.07 bits per heavy atom. The molecule has 1 aliphatic rings. The van der Waals surface area contributed by atoms with Crippen LogP contribution >= 0.6 is 0 Å². The van der Waals surface area contributed by atoms with Gasteiger partial charge in [0.2, 0.25) is 0 Å². The first kappa shape index (κ1) is 18.6. The summed E-state index contributed by atoms with van der Waals surface area (Å²) < 4.78 is 19.0. The predicted molar refractivity (Wildman–Crippen MR) is 102 cm³/mol. The fourth-order valence-corrected chi connectivity index (χ4v) is 3.10. The molecule has 0 aliphatic carbocycles. The van der Waals surface area contributed by atoms with E-state index in [1.807, 2.05) is 32.0 Å². The Labute approximate surface area is 157 Å². The van der Waals surface area contributed by atoms with Gasteiger partial charge < -0.3 is 4.74 Å². The zero-order valence-corrected chi connectivity index (χ0v) is 15.7. The van der Waals surface area contributed by atoms with Crippen LogP contribution in [0.25, 0.3) is 6.08 Å². The molecule has 0 saturated heterocycles. The van der Waals surface area contributed by atoms with Crippen molar-refractivity contribution in [1.29, 1.82) is 0 Å². The van der Waals surface area contributed by atoms with E-state index in [4.69, 9.17) is 4.74 Å². The van der Waals surface area contributed by atoms with Crippen LogP contribution in [0, 0.1) is 19.7 Å². The number of nitrogens with zero attached hydrogens (tertiary/aromatic N) is 1. The van der Waals surface area contributed by atoms with Crippen LogP contribution in [0.2, 0.25) is 0 Å². The Balaban J connectivity index is 2.17. The molecule has 2 aromatic rings. The highest BCUT2D eigenvalue weighted by molar-refractivity contribution is 6.23. The number of carbonyl (C=O) groups excluding carboxylic acids is 2. The fraction of sp³-hybridized carbons (Fsp3) is 0.182. The molecule has 0 bridgehead atoms. The van der Waals surface area contributed by atoms with Gasteiger partial charge in [0, 0.05) is 16.9 Å². The molecule has 0 saturated carbocycles. The molecule has 27 heavy (non-hydrogen) atoms. The molecule has 4 nitrogen and oxygen atoms in total. The SMILES string of the molecule is COC(=O)C1=C(C)N(c2ccc(C)c(C)c2)C(=O)/C1=C\c1ccccc1F. The van der Waals surface area contributed by atoms with Crippen LogP contribution in [0.5, 0.6) is 0 Å². The minimum absolute atomic E-state index is 0.114. The number of hydrogen-bond donors (Lipinski definition) is 0. The quantitative estimate of drug-likeness (QED) is 0.601. The van der Waals surface area contributed by atoms with E-state index in [9.17, 15) is 14.0 Å². The molecule has 5 heteroatoms. The summed E-state index contributed by atoms with van der Waals surface area (Å²) >= 11 is 0. The van der Waals surface area contributed by atoms with E-state index in [1.54, 1.807) is 25.1 Å². The number of hydrogen-bond acceptors (Lipinski definition) is 3. The smallest absolute Gasteiger partial charge is 0.340 e. The zero-order chi connectivity index (χ0) is 19.7. The van der Waals surface area contributed by atoms with Gasteiger partial charge in [-0.1, -0.05) is 24.3 Å². The number of halogens is 1. The van der Waals surface area contributed by atoms with Crippen molar-refractivity contribution in [3.8, 4) is 0 Å². The molecule has 0 atom stereocenters. The third-order valence-corrected chi connectivity index (χ3v) is 4.74. The minimum atomic E-state index is -0.630. The van der Waals surface area contributed by atoms with Gasteiger partial charge in [0.25, 0.3) is 5.91 Å². The largest absolute Gasteiger partial charge is 0.465 e. The topological polar surface area (TPSA) is 46.6 Å². The summed E-state index contributed by atoms with van der Waals surface area (Å²) in [5.74, 6) is -1.49. The number of ether oxygens (including phenoxy) is 1. The molecule has 0 N–H and O–H groups in total. The summed E-state index contributed by atoms with van der Waals surface area (Å²) in [6, 6.07) is 11.7. The van der Waals surface area contributed by atoms with E-state index >= 15 is 0 Å². The average Bonchev–Trinajstić information content (AvgIpc) is 2.89. The van der Waals surface area contributed by atoms with E-state index in [1.165, 1.54) is 24.2 Å². The van der Waals surface area contributed by atoms with E-state index in [0.717, 1.165) is 11.1 Å². The number of benzene rings is 2. The highest BCUT2D eigenvalue weighted by Gasteiger charge is 2.38. The van der Waals surface area contributed by atoms with Gasteiger partial charge in [-0.15, -0.1) is 0 Å². The first-order chi connectivity index (χ1) is 12.8. The summed E-state index contributed by atoms with van der Waals surface area (Å²) in [7, 11) is 1.26. The van der Waals surface area contributed by atoms with Crippen LogP contribution < -0.4 is 4.90 Å². The Bertz CT molecular complexity index is 1000. The van der Waals surface area contributed by atoms with Gasteiger partial charge in [-0.25, -0.2) is 9.18 Å². The molecule has 2 aromatic carbocycles. The van der Waals surface area contributed by atoms with E-state index in [2.05, 4.69) is 0 Å². The lowest BCUT2D eigenvalue weighted by atomic mass is 10.0. The number of carbonyl (C=O) groups is 2. The molecular weight excluding hydrogens is 345 g/mol. The highest BCUT2D eigenvalue weighted by atomic mass is 19.1. The molecular formula is C22H20FNO3. The number of allylic oxidation sites excluding steroid dienone is 1. The molecule has 0 aromatic heterocycles. The Kier molecular flexibility index (Phi) is 4.95. The summed E-state index contributed by atoms with van der Waals surface area (Å²) in [4.78, 5) is 27.0. The normalized spacial score (nSPS) is 15.7. The first-order valence-corrected chi connectivity index (χ1v) is 8.52. The van der Waals surface area contributed by atoms with Gasteiger partial charge in [-0.2, -0.15) is 0 Å². The van der Waals surface area contributed by atoms with Gasteiger partial charge in [0.15, 0.2) is 0 Å². The molecule has 138 valence electrons. The fourth-order valence-electron chi connectivity index (χ4n) is 3.10. The maximum atomic E-state index is 14.1. The maximum Gasteiger partial charge on any atom is 0.340 e. The lowest BCUT2D eigenvalue weighted by Gasteiger charge is -2.19. The molecule has 1 aliphatic heterocycles. The van der Waals surface area contributed by atoms with Gasteiger partial charge in [0.05, 0.1) is 18.3 Å². The van der Waals surface area contributed by atoms with Crippen molar-refractivity contribution in [3.05, 3.63) is 81.8 Å². The van der Waals surface area contributed by atoms with E-state index in [0.29, 0.717) is 11.4 Å². The Hall–Kier alpha value is -3.21. The molecule has 1 amide bonds. The van der Waals surface area contributed by atoms with Gasteiger partial charge in [0.1, 0.15) is 5.82 Å². The summed E-state index contributed by atoms with van der Waals surface area (Å²) in [5.41, 5.74) is 3.72. The van der Waals surface area contributed by atoms with Gasteiger partial charge in [-0.05, 0) is 56.2 Å². The molecule has 3 rings (SSSR count). The van der Waals surface area contributed by atoms with Crippen molar-refractivity contribution in [2.24, 2.45) is 0 Å². The number of amides is 1. The van der Waals surface area contributed by atoms with Gasteiger partial charge in [-0.3, -0.25) is 9.69 Å². The Morgan fingerprint density at radius 2 is 1.78 bits per heavy atom. The second-order valence-corrected chi connectivity index (χ2v) is 6.44. The van der Waals surface area contributed by atoms with Crippen molar-refractivity contribution in [1.82, 2.24) is 0 Å². The van der Waals surface area contributed by atoms with Crippen LogP contribution in [0.1, 0.15) is 23.6 Å². The predicted octanol–water partition coefficient (Wildman–Crippen LogP) is 4.32. The van der Waals surface area contributed by atoms with Crippen molar-refractivity contribution in [3.63, 3.8) is 0 Å². The van der Waals surface area contributed by atoms with E-state index in [-0.39, 0.29) is 22.6 Å². The number of anilines is 1. The first-order valence-electron chi connectivity index (χ1n) is 8.52. The molecule has 0 radical (unpaired) electrons. The number of aryl methyl sites for hydroxylation is 2. The lowest BCUT2D eigenvalue weighted by molar-refractivity contribution is -0.136. The highest BCUT2D eigenvalue weighted by Crippen LogP contribution is 2.36. The van der Waals surface area contributed by atoms with Crippen molar-refractivity contribution >= 4 is 23.6 Å². The van der Waals surface area contributed by atoms with Crippen LogP contribution in [-0.2, 0) is 14.3 Å². The maximum absolute atomic E-state index is 14.1. The average molecular weight is 365 g/mol. The number of rotatable bonds is 3. The molecule has 0 unspecified atom stereocenters. The molecule has 0 spiro atoms. The second kappa shape index (κ2) is 7.19. The van der Waals surface area contributed by atoms with Crippen LogP contribution in [-0.4, -0.2) is 19.0 Å². The van der Waals surface area contributed by atoms with Gasteiger partial charge >= 0.3 is 5.97 Å². The third-order valence-electron chi connectivity index (χ3n) is 4.74. The monoisotopic (exact) mass is 365 g/mol. The lowest BCUT2D eigenvalue weighted by Crippen LogP contribution is -2.24. The Morgan fingerprint density at radius 3 is 2.41 bits per heavy atom. The zero-order valence-electron chi connectivity index (χ0n) is 15.7. The van der Waals surface area contributed by atoms with Crippen molar-refractivity contribution in [2.75, 3.05) is 12.0 Å². The van der Waals surface area contributed by atoms with E-state index < -0.39 is 11.8 Å². The van der Waals surface area contributed by atoms with Crippen molar-refractivity contribution in [2.45, 2.75) is 20.8 Å². The minimum Gasteiger partial charge on any atom is -0.465 e. The summed E-state index contributed by atoms with van der Waals surface area (Å²) in [6.45, 7) is 5.62. The molecule has 0 fully saturated rings. The van der Waals surface area contributed by atoms with Crippen LogP contribution in [0.3, 0.4) is 0 Å². The number of esters is 1. The second-order valence-electron chi connectivity index (χ2n) is 6.44. The van der Waals surface area contributed by atoms with Crippen molar-refractivity contribution < 1.29 is 18.7 Å². The standard InChI is InChI=1S/C22H20FNO3/c1-13-9-10-17(11-14(13)2)24-15(3)20(22(26)27-4)18(21(24)25)12-16-7-5-6-8-19(16)23/h5-12H,1-4H3/b18-12-. The summed E-state index contributed by atoms with van der Waals surface area (Å²) in [5, 5.41) is 0. The third kappa shape index (κ3) is 3.28.